The minimum Gasteiger partial charge on any atom is -0.497 e. The Balaban J connectivity index is 1.88. The number of sulfonamides is 1. The fourth-order valence-corrected chi connectivity index (χ4v) is 3.42. The van der Waals surface area contributed by atoms with Crippen LogP contribution >= 0.6 is 0 Å². The summed E-state index contributed by atoms with van der Waals surface area (Å²) in [6, 6.07) is 15.1. The molecule has 0 aromatic heterocycles. The van der Waals surface area contributed by atoms with Crippen LogP contribution in [-0.4, -0.2) is 22.1 Å². The van der Waals surface area contributed by atoms with Gasteiger partial charge in [-0.1, -0.05) is 36.4 Å². The number of ether oxygens (including phenoxy) is 1. The third-order valence-electron chi connectivity index (χ3n) is 3.50. The highest BCUT2D eigenvalue weighted by Gasteiger charge is 2.12. The monoisotopic (exact) mass is 319 g/mol. The molecule has 0 aliphatic rings. The normalized spacial score (nSPS) is 11.4. The number of hydrogen-bond donors (Lipinski definition) is 1. The summed E-state index contributed by atoms with van der Waals surface area (Å²) >= 11 is 0. The predicted molar refractivity (Wildman–Crippen MR) is 88.5 cm³/mol. The van der Waals surface area contributed by atoms with Crippen LogP contribution < -0.4 is 9.46 Å². The van der Waals surface area contributed by atoms with Crippen molar-refractivity contribution in [3.63, 3.8) is 0 Å². The number of aryl methyl sites for hydroxylation is 1. The lowest BCUT2D eigenvalue weighted by molar-refractivity contribution is 0.414. The summed E-state index contributed by atoms with van der Waals surface area (Å²) in [6.45, 7) is 2.31. The molecule has 0 radical (unpaired) electrons. The molecule has 0 amide bonds. The molecule has 0 saturated carbocycles. The van der Waals surface area contributed by atoms with Gasteiger partial charge in [0.05, 0.1) is 12.9 Å². The highest BCUT2D eigenvalue weighted by molar-refractivity contribution is 7.88. The molecule has 22 heavy (non-hydrogen) atoms. The largest absolute Gasteiger partial charge is 0.497 e. The van der Waals surface area contributed by atoms with E-state index in [9.17, 15) is 8.42 Å². The second-order valence-corrected chi connectivity index (χ2v) is 6.98. The molecule has 2 rings (SSSR count). The summed E-state index contributed by atoms with van der Waals surface area (Å²) in [4.78, 5) is 0. The molecule has 118 valence electrons. The molecule has 0 unspecified atom stereocenters. The number of methoxy groups -OCH3 is 1. The molecule has 0 aliphatic heterocycles. The second kappa shape index (κ2) is 7.42. The zero-order chi connectivity index (χ0) is 16.0. The molecule has 0 heterocycles. The van der Waals surface area contributed by atoms with Gasteiger partial charge in [0.25, 0.3) is 0 Å². The van der Waals surface area contributed by atoms with E-state index in [0.717, 1.165) is 22.4 Å². The van der Waals surface area contributed by atoms with Crippen LogP contribution in [0, 0.1) is 6.92 Å². The van der Waals surface area contributed by atoms with E-state index in [0.29, 0.717) is 13.0 Å². The van der Waals surface area contributed by atoms with Gasteiger partial charge in [0, 0.05) is 6.54 Å². The third kappa shape index (κ3) is 4.86. The van der Waals surface area contributed by atoms with E-state index in [2.05, 4.69) is 4.72 Å². The van der Waals surface area contributed by atoms with E-state index in [1.165, 1.54) is 0 Å². The van der Waals surface area contributed by atoms with Crippen LogP contribution in [0.3, 0.4) is 0 Å². The Morgan fingerprint density at radius 1 is 1.05 bits per heavy atom. The molecule has 0 atom stereocenters. The Morgan fingerprint density at radius 2 is 1.73 bits per heavy atom. The summed E-state index contributed by atoms with van der Waals surface area (Å²) in [5.74, 6) is 0.811. The first-order chi connectivity index (χ1) is 10.5. The van der Waals surface area contributed by atoms with Crippen molar-refractivity contribution in [2.75, 3.05) is 13.7 Å². The van der Waals surface area contributed by atoms with Crippen molar-refractivity contribution >= 4 is 10.0 Å². The Bertz CT molecular complexity index is 709. The van der Waals surface area contributed by atoms with Gasteiger partial charge >= 0.3 is 0 Å². The minimum absolute atomic E-state index is 0.0162. The molecule has 1 N–H and O–H groups in total. The lowest BCUT2D eigenvalue weighted by atomic mass is 10.1. The van der Waals surface area contributed by atoms with Crippen LogP contribution in [0.25, 0.3) is 0 Å². The predicted octanol–water partition coefficient (Wildman–Crippen LogP) is 2.67. The second-order valence-electron chi connectivity index (χ2n) is 5.18. The number of benzene rings is 2. The summed E-state index contributed by atoms with van der Waals surface area (Å²) in [7, 11) is -1.70. The van der Waals surface area contributed by atoms with Crippen LogP contribution in [0.4, 0.5) is 0 Å². The van der Waals surface area contributed by atoms with Crippen LogP contribution in [-0.2, 0) is 22.2 Å². The Hall–Kier alpha value is -1.85. The maximum atomic E-state index is 12.1. The lowest BCUT2D eigenvalue weighted by Crippen LogP contribution is -2.27. The van der Waals surface area contributed by atoms with Gasteiger partial charge in [-0.2, -0.15) is 0 Å². The molecule has 4 nitrogen and oxygen atoms in total. The van der Waals surface area contributed by atoms with E-state index >= 15 is 0 Å². The van der Waals surface area contributed by atoms with Crippen molar-refractivity contribution in [1.29, 1.82) is 0 Å². The highest BCUT2D eigenvalue weighted by atomic mass is 32.2. The fourth-order valence-electron chi connectivity index (χ4n) is 2.17. The van der Waals surface area contributed by atoms with E-state index in [4.69, 9.17) is 4.74 Å². The number of nitrogens with one attached hydrogen (secondary N) is 1. The van der Waals surface area contributed by atoms with Crippen LogP contribution in [0.2, 0.25) is 0 Å². The van der Waals surface area contributed by atoms with Gasteiger partial charge in [-0.3, -0.25) is 0 Å². The van der Waals surface area contributed by atoms with Crippen molar-refractivity contribution in [2.24, 2.45) is 0 Å². The first-order valence-corrected chi connectivity index (χ1v) is 8.80. The third-order valence-corrected chi connectivity index (χ3v) is 4.84. The molecule has 0 fully saturated rings. The van der Waals surface area contributed by atoms with Crippen molar-refractivity contribution in [1.82, 2.24) is 4.72 Å². The van der Waals surface area contributed by atoms with Gasteiger partial charge in [-0.15, -0.1) is 0 Å². The van der Waals surface area contributed by atoms with E-state index in [1.807, 2.05) is 55.5 Å². The summed E-state index contributed by atoms with van der Waals surface area (Å²) < 4.78 is 32.0. The standard InChI is InChI=1S/C17H21NO3S/c1-14-5-3-4-6-16(14)13-22(19,20)18-12-11-15-7-9-17(21-2)10-8-15/h3-10,18H,11-13H2,1-2H3. The molecule has 0 spiro atoms. The maximum absolute atomic E-state index is 12.1. The van der Waals surface area contributed by atoms with E-state index in [1.54, 1.807) is 7.11 Å². The van der Waals surface area contributed by atoms with Crippen molar-refractivity contribution in [2.45, 2.75) is 19.1 Å². The molecule has 2 aromatic rings. The molecule has 2 aromatic carbocycles. The summed E-state index contributed by atoms with van der Waals surface area (Å²) in [6.07, 6.45) is 0.650. The lowest BCUT2D eigenvalue weighted by Gasteiger charge is -2.09. The summed E-state index contributed by atoms with van der Waals surface area (Å²) in [5.41, 5.74) is 2.89. The first-order valence-electron chi connectivity index (χ1n) is 7.15. The van der Waals surface area contributed by atoms with Crippen LogP contribution in [0.15, 0.2) is 48.5 Å². The van der Waals surface area contributed by atoms with Crippen molar-refractivity contribution < 1.29 is 13.2 Å². The zero-order valence-electron chi connectivity index (χ0n) is 12.9. The van der Waals surface area contributed by atoms with E-state index < -0.39 is 10.0 Å². The van der Waals surface area contributed by atoms with Crippen molar-refractivity contribution in [3.05, 3.63) is 65.2 Å². The smallest absolute Gasteiger partial charge is 0.215 e. The van der Waals surface area contributed by atoms with E-state index in [-0.39, 0.29) is 5.75 Å². The molecule has 0 aliphatic carbocycles. The molecular weight excluding hydrogens is 298 g/mol. The van der Waals surface area contributed by atoms with Crippen molar-refractivity contribution in [3.8, 4) is 5.75 Å². The summed E-state index contributed by atoms with van der Waals surface area (Å²) in [5, 5.41) is 0. The average Bonchev–Trinajstić information content (AvgIpc) is 2.50. The van der Waals surface area contributed by atoms with Gasteiger partial charge in [0.2, 0.25) is 10.0 Å². The van der Waals surface area contributed by atoms with Gasteiger partial charge < -0.3 is 4.74 Å². The Labute approximate surface area is 132 Å². The average molecular weight is 319 g/mol. The SMILES string of the molecule is COc1ccc(CCNS(=O)(=O)Cc2ccccc2C)cc1. The van der Waals surface area contributed by atoms with Gasteiger partial charge in [0.1, 0.15) is 5.75 Å². The number of rotatable bonds is 7. The minimum atomic E-state index is -3.31. The molecule has 0 bridgehead atoms. The Kier molecular flexibility index (Phi) is 5.57. The quantitative estimate of drug-likeness (QED) is 0.853. The maximum Gasteiger partial charge on any atom is 0.215 e. The van der Waals surface area contributed by atoms with Crippen LogP contribution in [0.5, 0.6) is 5.75 Å². The van der Waals surface area contributed by atoms with Crippen LogP contribution in [0.1, 0.15) is 16.7 Å². The highest BCUT2D eigenvalue weighted by Crippen LogP contribution is 2.12. The van der Waals surface area contributed by atoms with Gasteiger partial charge in [0.15, 0.2) is 0 Å². The number of hydrogen-bond acceptors (Lipinski definition) is 3. The topological polar surface area (TPSA) is 55.4 Å². The molecule has 0 saturated heterocycles. The molecule has 5 heteroatoms. The van der Waals surface area contributed by atoms with Gasteiger partial charge in [-0.25, -0.2) is 13.1 Å². The zero-order valence-corrected chi connectivity index (χ0v) is 13.7. The Morgan fingerprint density at radius 3 is 2.36 bits per heavy atom. The first kappa shape index (κ1) is 16.5. The van der Waals surface area contributed by atoms with Gasteiger partial charge in [-0.05, 0) is 42.2 Å². The molecular formula is C17H21NO3S. The fraction of sp³-hybridized carbons (Fsp3) is 0.294.